The van der Waals surface area contributed by atoms with Gasteiger partial charge in [0.1, 0.15) is 5.75 Å². The molecule has 0 unspecified atom stereocenters. The molecular formula is C21H24N2O4S2. The quantitative estimate of drug-likeness (QED) is 0.709. The van der Waals surface area contributed by atoms with Crippen molar-refractivity contribution in [1.82, 2.24) is 9.47 Å². The normalized spacial score (nSPS) is 15.5. The van der Waals surface area contributed by atoms with Crippen LogP contribution in [0, 0.1) is 9.87 Å². The molecule has 1 saturated heterocycles. The molecule has 1 aromatic heterocycles. The lowest BCUT2D eigenvalue weighted by molar-refractivity contribution is -0.145. The molecule has 0 radical (unpaired) electrons. The fraction of sp³-hybridized carbons (Fsp3) is 0.381. The molecule has 1 aromatic carbocycles. The summed E-state index contributed by atoms with van der Waals surface area (Å²) in [5.74, 6) is -0.286. The highest BCUT2D eigenvalue weighted by Gasteiger charge is 2.26. The Morgan fingerprint density at radius 3 is 2.55 bits per heavy atom. The van der Waals surface area contributed by atoms with Gasteiger partial charge in [-0.1, -0.05) is 18.7 Å². The average molecular weight is 433 g/mol. The number of rotatable bonds is 6. The molecule has 1 N–H and O–H groups in total. The Morgan fingerprint density at radius 1 is 1.31 bits per heavy atom. The monoisotopic (exact) mass is 432 g/mol. The van der Waals surface area contributed by atoms with Crippen molar-refractivity contribution in [2.24, 2.45) is 5.92 Å². The molecule has 3 rings (SSSR count). The second-order valence-electron chi connectivity index (χ2n) is 6.99. The van der Waals surface area contributed by atoms with Crippen LogP contribution in [-0.2, 0) is 16.1 Å². The zero-order valence-electron chi connectivity index (χ0n) is 16.3. The van der Waals surface area contributed by atoms with Gasteiger partial charge in [-0.25, -0.2) is 0 Å². The van der Waals surface area contributed by atoms with Crippen LogP contribution in [0.15, 0.2) is 24.3 Å². The van der Waals surface area contributed by atoms with E-state index in [2.05, 4.69) is 6.58 Å². The third-order valence-electron chi connectivity index (χ3n) is 5.19. The fourth-order valence-corrected chi connectivity index (χ4v) is 4.78. The van der Waals surface area contributed by atoms with Crippen molar-refractivity contribution in [2.45, 2.75) is 25.8 Å². The second kappa shape index (κ2) is 9.37. The van der Waals surface area contributed by atoms with E-state index in [1.165, 1.54) is 11.3 Å². The predicted octanol–water partition coefficient (Wildman–Crippen LogP) is 2.24. The summed E-state index contributed by atoms with van der Waals surface area (Å²) in [5.41, 5.74) is 1.02. The highest BCUT2D eigenvalue weighted by molar-refractivity contribution is 7.73. The van der Waals surface area contributed by atoms with Gasteiger partial charge in [0.25, 0.3) is 0 Å². The number of piperidine rings is 1. The van der Waals surface area contributed by atoms with E-state index in [0.717, 1.165) is 21.2 Å². The number of carboxylic acids is 1. The van der Waals surface area contributed by atoms with Crippen LogP contribution in [0.25, 0.3) is 12.7 Å². The Labute approximate surface area is 178 Å². The number of hydrogen-bond acceptors (Lipinski definition) is 5. The minimum absolute atomic E-state index is 0.0297. The summed E-state index contributed by atoms with van der Waals surface area (Å²) in [4.78, 5) is 25.3. The number of carbonyl (C=O) groups is 2. The number of carboxylic acid groups (broad SMARTS) is 1. The number of amides is 1. The Bertz CT molecular complexity index is 1050. The van der Waals surface area contributed by atoms with Crippen LogP contribution in [0.2, 0.25) is 0 Å². The van der Waals surface area contributed by atoms with Crippen molar-refractivity contribution in [3.63, 3.8) is 0 Å². The number of aromatic nitrogens is 1. The largest absolute Gasteiger partial charge is 0.497 e. The standard InChI is InChI=1S/C21H24N2O4S2/c1-14-18(13-15-3-5-17(27-2)6-4-15)29-21(28)23(14)12-9-19(24)22-10-7-16(8-11-22)20(25)26/h3-6,13,16H,1,7-12H2,2H3,(H,25,26)/b18-13-. The van der Waals surface area contributed by atoms with Crippen molar-refractivity contribution in [2.75, 3.05) is 20.2 Å². The molecule has 0 bridgehead atoms. The second-order valence-corrected chi connectivity index (χ2v) is 8.67. The van der Waals surface area contributed by atoms with Gasteiger partial charge in [-0.05, 0) is 48.8 Å². The lowest BCUT2D eigenvalue weighted by atomic mass is 9.97. The van der Waals surface area contributed by atoms with Crippen LogP contribution < -0.4 is 14.6 Å². The maximum absolute atomic E-state index is 12.5. The summed E-state index contributed by atoms with van der Waals surface area (Å²) in [6, 6.07) is 7.74. The maximum Gasteiger partial charge on any atom is 0.306 e. The molecule has 0 saturated carbocycles. The number of methoxy groups -OCH3 is 1. The van der Waals surface area contributed by atoms with E-state index in [-0.39, 0.29) is 11.8 Å². The molecule has 1 amide bonds. The van der Waals surface area contributed by atoms with Crippen molar-refractivity contribution in [3.8, 4) is 5.75 Å². The van der Waals surface area contributed by atoms with E-state index >= 15 is 0 Å². The van der Waals surface area contributed by atoms with Crippen molar-refractivity contribution >= 4 is 48.1 Å². The van der Waals surface area contributed by atoms with Crippen molar-refractivity contribution in [1.29, 1.82) is 0 Å². The number of hydrogen-bond donors (Lipinski definition) is 1. The first-order valence-electron chi connectivity index (χ1n) is 9.44. The molecule has 0 spiro atoms. The number of nitrogens with zero attached hydrogens (tertiary/aromatic N) is 2. The third kappa shape index (κ3) is 5.13. The van der Waals surface area contributed by atoms with Crippen LogP contribution in [0.1, 0.15) is 24.8 Å². The molecule has 154 valence electrons. The number of aliphatic carboxylic acids is 1. The minimum atomic E-state index is -0.774. The molecule has 0 atom stereocenters. The van der Waals surface area contributed by atoms with Crippen LogP contribution in [-0.4, -0.2) is 46.6 Å². The summed E-state index contributed by atoms with van der Waals surface area (Å²) in [6.07, 6.45) is 3.38. The molecule has 2 aromatic rings. The maximum atomic E-state index is 12.5. The number of carbonyl (C=O) groups excluding carboxylic acids is 1. The smallest absolute Gasteiger partial charge is 0.306 e. The zero-order chi connectivity index (χ0) is 21.0. The van der Waals surface area contributed by atoms with E-state index in [4.69, 9.17) is 22.1 Å². The van der Waals surface area contributed by atoms with Gasteiger partial charge in [0.2, 0.25) is 5.91 Å². The molecule has 29 heavy (non-hydrogen) atoms. The van der Waals surface area contributed by atoms with Gasteiger partial charge in [-0.15, -0.1) is 11.3 Å². The van der Waals surface area contributed by atoms with Crippen LogP contribution in [0.4, 0.5) is 0 Å². The lowest BCUT2D eigenvalue weighted by Gasteiger charge is -2.30. The van der Waals surface area contributed by atoms with Crippen molar-refractivity contribution < 1.29 is 19.4 Å². The molecule has 1 aliphatic heterocycles. The summed E-state index contributed by atoms with van der Waals surface area (Å²) < 4.78 is 8.73. The van der Waals surface area contributed by atoms with Gasteiger partial charge in [0.05, 0.1) is 22.9 Å². The number of likely N-dealkylation sites (tertiary alicyclic amines) is 1. The summed E-state index contributed by atoms with van der Waals surface area (Å²) in [5, 5.41) is 9.88. The first-order valence-corrected chi connectivity index (χ1v) is 10.7. The Kier molecular flexibility index (Phi) is 6.87. The zero-order valence-corrected chi connectivity index (χ0v) is 17.9. The fourth-order valence-electron chi connectivity index (χ4n) is 3.38. The van der Waals surface area contributed by atoms with Gasteiger partial charge in [0.15, 0.2) is 3.95 Å². The molecule has 1 aliphatic rings. The topological polar surface area (TPSA) is 71.8 Å². The van der Waals surface area contributed by atoms with Gasteiger partial charge >= 0.3 is 5.97 Å². The third-order valence-corrected chi connectivity index (χ3v) is 6.63. The lowest BCUT2D eigenvalue weighted by Crippen LogP contribution is -2.40. The van der Waals surface area contributed by atoms with Gasteiger partial charge in [0, 0.05) is 26.1 Å². The van der Waals surface area contributed by atoms with E-state index < -0.39 is 5.97 Å². The number of thiazole rings is 1. The number of benzene rings is 1. The van der Waals surface area contributed by atoms with Crippen LogP contribution >= 0.6 is 23.6 Å². The van der Waals surface area contributed by atoms with Crippen molar-refractivity contribution in [3.05, 3.63) is 43.7 Å². The minimum Gasteiger partial charge on any atom is -0.497 e. The average Bonchev–Trinajstić information content (AvgIpc) is 2.99. The summed E-state index contributed by atoms with van der Waals surface area (Å²) in [7, 11) is 1.63. The first-order chi connectivity index (χ1) is 13.9. The van der Waals surface area contributed by atoms with E-state index in [9.17, 15) is 9.59 Å². The predicted molar refractivity (Wildman–Crippen MR) is 116 cm³/mol. The van der Waals surface area contributed by atoms with Gasteiger partial charge in [-0.3, -0.25) is 9.59 Å². The van der Waals surface area contributed by atoms with E-state index in [1.807, 2.05) is 34.9 Å². The summed E-state index contributed by atoms with van der Waals surface area (Å²) >= 11 is 6.95. The summed E-state index contributed by atoms with van der Waals surface area (Å²) in [6.45, 7) is 5.62. The van der Waals surface area contributed by atoms with Gasteiger partial charge < -0.3 is 19.3 Å². The van der Waals surface area contributed by atoms with Crippen LogP contribution in [0.3, 0.4) is 0 Å². The molecule has 2 heterocycles. The molecule has 0 aliphatic carbocycles. The highest BCUT2D eigenvalue weighted by atomic mass is 32.1. The SMILES string of the molecule is C=c1/c(=C/c2ccc(OC)cc2)sc(=S)n1CCC(=O)N1CCC(C(=O)O)CC1. The van der Waals surface area contributed by atoms with Crippen LogP contribution in [0.5, 0.6) is 5.75 Å². The molecule has 1 fully saturated rings. The first kappa shape index (κ1) is 21.3. The molecular weight excluding hydrogens is 408 g/mol. The number of ether oxygens (including phenoxy) is 1. The Balaban J connectivity index is 1.67. The van der Waals surface area contributed by atoms with E-state index in [0.29, 0.717) is 42.9 Å². The molecule has 6 nitrogen and oxygen atoms in total. The Hall–Kier alpha value is -2.45. The highest BCUT2D eigenvalue weighted by Crippen LogP contribution is 2.18. The van der Waals surface area contributed by atoms with Gasteiger partial charge in [-0.2, -0.15) is 0 Å². The Morgan fingerprint density at radius 2 is 1.97 bits per heavy atom. The van der Waals surface area contributed by atoms with E-state index in [1.54, 1.807) is 12.0 Å². The molecule has 8 heteroatoms.